The van der Waals surface area contributed by atoms with Gasteiger partial charge in [-0.15, -0.1) is 0 Å². The second-order valence-electron chi connectivity index (χ2n) is 8.37. The number of aliphatic hydroxyl groups excluding tert-OH is 2. The van der Waals surface area contributed by atoms with E-state index >= 15 is 0 Å². The summed E-state index contributed by atoms with van der Waals surface area (Å²) in [5, 5.41) is 21.2. The molecule has 0 saturated heterocycles. The third kappa shape index (κ3) is 7.17. The van der Waals surface area contributed by atoms with Gasteiger partial charge in [-0.2, -0.15) is 0 Å². The van der Waals surface area contributed by atoms with Gasteiger partial charge in [0, 0.05) is 17.8 Å². The van der Waals surface area contributed by atoms with Crippen molar-refractivity contribution in [1.29, 1.82) is 0 Å². The molecule has 0 aliphatic carbocycles. The molecule has 0 unspecified atom stereocenters. The normalized spacial score (nSPS) is 39.7. The van der Waals surface area contributed by atoms with Crippen molar-refractivity contribution in [2.45, 2.75) is 85.5 Å². The monoisotopic (exact) mass is 394 g/mol. The topological polar surface area (TPSA) is 83.8 Å². The molecule has 160 valence electrons. The number of carbonyl (C=O) groups is 2. The number of esters is 1. The SMILES string of the molecule is CC[C@H]1C[C@@H](C)C(=O)/C=C/C(C)=C\[C@@H](C)[C@@H](CC)OC(=O)C[C@@H](O)[C@H](C)[C@H]1O. The number of rotatable bonds is 2. The number of ketones is 1. The molecule has 0 amide bonds. The van der Waals surface area contributed by atoms with Crippen molar-refractivity contribution in [2.24, 2.45) is 23.7 Å². The summed E-state index contributed by atoms with van der Waals surface area (Å²) in [5.74, 6) is -1.25. The zero-order valence-electron chi connectivity index (χ0n) is 18.2. The molecular formula is C23H38O5. The Kier molecular flexibility index (Phi) is 10.1. The minimum Gasteiger partial charge on any atom is -0.462 e. The van der Waals surface area contributed by atoms with E-state index in [2.05, 4.69) is 0 Å². The van der Waals surface area contributed by atoms with Gasteiger partial charge in [0.2, 0.25) is 0 Å². The molecule has 0 fully saturated rings. The van der Waals surface area contributed by atoms with Gasteiger partial charge in [0.15, 0.2) is 5.78 Å². The lowest BCUT2D eigenvalue weighted by Crippen LogP contribution is -2.38. The van der Waals surface area contributed by atoms with Crippen LogP contribution in [0.15, 0.2) is 23.8 Å². The van der Waals surface area contributed by atoms with Crippen LogP contribution in [0.4, 0.5) is 0 Å². The van der Waals surface area contributed by atoms with Crippen LogP contribution in [0.25, 0.3) is 0 Å². The van der Waals surface area contributed by atoms with Crippen molar-refractivity contribution in [3.05, 3.63) is 23.8 Å². The van der Waals surface area contributed by atoms with E-state index in [-0.39, 0.29) is 36.1 Å². The van der Waals surface area contributed by atoms with Crippen LogP contribution < -0.4 is 0 Å². The van der Waals surface area contributed by atoms with E-state index in [1.54, 1.807) is 19.1 Å². The third-order valence-electron chi connectivity index (χ3n) is 5.98. The summed E-state index contributed by atoms with van der Waals surface area (Å²) >= 11 is 0. The second-order valence-corrected chi connectivity index (χ2v) is 8.37. The number of allylic oxidation sites excluding steroid dienone is 3. The molecule has 0 spiro atoms. The van der Waals surface area contributed by atoms with Crippen LogP contribution in [0.1, 0.15) is 67.2 Å². The summed E-state index contributed by atoms with van der Waals surface area (Å²) < 4.78 is 5.59. The van der Waals surface area contributed by atoms with Crippen molar-refractivity contribution in [3.63, 3.8) is 0 Å². The van der Waals surface area contributed by atoms with E-state index in [0.717, 1.165) is 5.57 Å². The first kappa shape index (κ1) is 24.6. The zero-order chi connectivity index (χ0) is 21.4. The van der Waals surface area contributed by atoms with E-state index in [0.29, 0.717) is 19.3 Å². The molecule has 5 nitrogen and oxygen atoms in total. The second kappa shape index (κ2) is 11.5. The van der Waals surface area contributed by atoms with Gasteiger partial charge in [0.05, 0.1) is 18.6 Å². The van der Waals surface area contributed by atoms with Gasteiger partial charge in [0.25, 0.3) is 0 Å². The molecule has 1 aliphatic rings. The molecule has 0 bridgehead atoms. The van der Waals surface area contributed by atoms with Crippen LogP contribution >= 0.6 is 0 Å². The Hall–Kier alpha value is -1.46. The maximum Gasteiger partial charge on any atom is 0.308 e. The quantitative estimate of drug-likeness (QED) is 0.696. The molecule has 5 heteroatoms. The molecular weight excluding hydrogens is 356 g/mol. The van der Waals surface area contributed by atoms with Gasteiger partial charge >= 0.3 is 5.97 Å². The van der Waals surface area contributed by atoms with Crippen molar-refractivity contribution < 1.29 is 24.5 Å². The summed E-state index contributed by atoms with van der Waals surface area (Å²) in [4.78, 5) is 24.8. The maximum atomic E-state index is 12.5. The Morgan fingerprint density at radius 1 is 1.07 bits per heavy atom. The molecule has 0 aromatic heterocycles. The maximum absolute atomic E-state index is 12.5. The zero-order valence-corrected chi connectivity index (χ0v) is 18.2. The molecule has 0 aromatic rings. The molecule has 2 N–H and O–H groups in total. The van der Waals surface area contributed by atoms with Gasteiger partial charge in [-0.25, -0.2) is 0 Å². The summed E-state index contributed by atoms with van der Waals surface area (Å²) in [6, 6.07) is 0. The Labute approximate surface area is 169 Å². The molecule has 28 heavy (non-hydrogen) atoms. The smallest absolute Gasteiger partial charge is 0.308 e. The molecule has 1 aliphatic heterocycles. The van der Waals surface area contributed by atoms with Crippen molar-refractivity contribution in [1.82, 2.24) is 0 Å². The minimum absolute atomic E-state index is 0.0105. The lowest BCUT2D eigenvalue weighted by atomic mass is 9.80. The molecule has 0 radical (unpaired) electrons. The van der Waals surface area contributed by atoms with E-state index < -0.39 is 24.1 Å². The van der Waals surface area contributed by atoms with Crippen molar-refractivity contribution >= 4 is 11.8 Å². The fourth-order valence-corrected chi connectivity index (χ4v) is 3.87. The Morgan fingerprint density at radius 2 is 1.71 bits per heavy atom. The van der Waals surface area contributed by atoms with Crippen LogP contribution in [-0.4, -0.2) is 40.3 Å². The Morgan fingerprint density at radius 3 is 2.29 bits per heavy atom. The van der Waals surface area contributed by atoms with E-state index in [1.807, 2.05) is 40.7 Å². The van der Waals surface area contributed by atoms with Crippen LogP contribution in [0.3, 0.4) is 0 Å². The van der Waals surface area contributed by atoms with Crippen LogP contribution in [-0.2, 0) is 14.3 Å². The highest BCUT2D eigenvalue weighted by Crippen LogP contribution is 2.28. The molecule has 0 aromatic carbocycles. The lowest BCUT2D eigenvalue weighted by molar-refractivity contribution is -0.154. The van der Waals surface area contributed by atoms with Gasteiger partial charge < -0.3 is 14.9 Å². The van der Waals surface area contributed by atoms with E-state index in [9.17, 15) is 19.8 Å². The van der Waals surface area contributed by atoms with Crippen LogP contribution in [0.5, 0.6) is 0 Å². The fraction of sp³-hybridized carbons (Fsp3) is 0.739. The predicted molar refractivity (Wildman–Crippen MR) is 111 cm³/mol. The first-order chi connectivity index (χ1) is 13.1. The third-order valence-corrected chi connectivity index (χ3v) is 5.98. The van der Waals surface area contributed by atoms with Gasteiger partial charge in [-0.3, -0.25) is 9.59 Å². The molecule has 1 heterocycles. The van der Waals surface area contributed by atoms with Crippen LogP contribution in [0, 0.1) is 23.7 Å². The average molecular weight is 395 g/mol. The predicted octanol–water partition coefficient (Wildman–Crippen LogP) is 3.83. The van der Waals surface area contributed by atoms with E-state index in [4.69, 9.17) is 4.74 Å². The Bertz CT molecular complexity index is 580. The van der Waals surface area contributed by atoms with E-state index in [1.165, 1.54) is 0 Å². The largest absolute Gasteiger partial charge is 0.462 e. The summed E-state index contributed by atoms with van der Waals surface area (Å²) in [6.45, 7) is 11.4. The first-order valence-electron chi connectivity index (χ1n) is 10.6. The molecule has 0 saturated carbocycles. The van der Waals surface area contributed by atoms with Gasteiger partial charge in [-0.1, -0.05) is 58.8 Å². The van der Waals surface area contributed by atoms with Crippen molar-refractivity contribution in [3.8, 4) is 0 Å². The highest BCUT2D eigenvalue weighted by Gasteiger charge is 2.32. The average Bonchev–Trinajstić information content (AvgIpc) is 2.65. The van der Waals surface area contributed by atoms with Gasteiger partial charge in [0.1, 0.15) is 6.10 Å². The van der Waals surface area contributed by atoms with Crippen LogP contribution in [0.2, 0.25) is 0 Å². The number of ether oxygens (including phenoxy) is 1. The standard InChI is InChI=1S/C23H38O5/c1-7-18-12-15(4)19(24)10-9-14(3)11-16(5)21(8-2)28-22(26)13-20(25)17(6)23(18)27/h9-11,15-18,20-21,23,25,27H,7-8,12-13H2,1-6H3/b10-9+,14-11-/t15-,16-,17+,18+,20-,21-,23-/m1/s1. The number of hydrogen-bond donors (Lipinski definition) is 2. The fourth-order valence-electron chi connectivity index (χ4n) is 3.87. The summed E-state index contributed by atoms with van der Waals surface area (Å²) in [5.41, 5.74) is 0.940. The number of cyclic esters (lactones) is 1. The van der Waals surface area contributed by atoms with Crippen molar-refractivity contribution in [2.75, 3.05) is 0 Å². The lowest BCUT2D eigenvalue weighted by Gasteiger charge is -2.31. The highest BCUT2D eigenvalue weighted by atomic mass is 16.5. The number of hydrogen-bond acceptors (Lipinski definition) is 5. The van der Waals surface area contributed by atoms with Gasteiger partial charge in [-0.05, 0) is 31.8 Å². The molecule has 1 rings (SSSR count). The molecule has 7 atom stereocenters. The first-order valence-corrected chi connectivity index (χ1v) is 10.6. The summed E-state index contributed by atoms with van der Waals surface area (Å²) in [7, 11) is 0. The number of carbonyl (C=O) groups excluding carboxylic acids is 2. The highest BCUT2D eigenvalue weighted by molar-refractivity contribution is 5.91. The minimum atomic E-state index is -0.986. The number of aliphatic hydroxyl groups is 2. The summed E-state index contributed by atoms with van der Waals surface area (Å²) in [6.07, 6.45) is 5.07. The Balaban J connectivity index is 3.18.